The van der Waals surface area contributed by atoms with Crippen LogP contribution in [0.1, 0.15) is 40.9 Å². The lowest BCUT2D eigenvalue weighted by Crippen LogP contribution is -2.28. The van der Waals surface area contributed by atoms with E-state index in [1.807, 2.05) is 31.2 Å². The molecule has 0 aromatic heterocycles. The van der Waals surface area contributed by atoms with Crippen molar-refractivity contribution in [2.45, 2.75) is 31.2 Å². The van der Waals surface area contributed by atoms with Crippen LogP contribution in [0, 0.1) is 6.92 Å². The van der Waals surface area contributed by atoms with Crippen molar-refractivity contribution in [3.05, 3.63) is 89.5 Å². The fraction of sp³-hybridized carbons (Fsp3) is 0.208. The predicted molar refractivity (Wildman–Crippen MR) is 122 cm³/mol. The molecule has 0 spiro atoms. The van der Waals surface area contributed by atoms with Gasteiger partial charge in [0, 0.05) is 5.56 Å². The zero-order valence-electron chi connectivity index (χ0n) is 17.8. The average Bonchev–Trinajstić information content (AvgIpc) is 2.79. The van der Waals surface area contributed by atoms with E-state index < -0.39 is 10.0 Å². The molecule has 0 saturated heterocycles. The van der Waals surface area contributed by atoms with E-state index in [0.29, 0.717) is 17.7 Å². The van der Waals surface area contributed by atoms with Gasteiger partial charge in [0.25, 0.3) is 15.9 Å². The van der Waals surface area contributed by atoms with Crippen molar-refractivity contribution >= 4 is 21.6 Å². The molecule has 1 unspecified atom stereocenters. The average molecular weight is 439 g/mol. The fourth-order valence-electron chi connectivity index (χ4n) is 3.18. The van der Waals surface area contributed by atoms with Crippen LogP contribution in [-0.4, -0.2) is 21.4 Å². The number of aryl methyl sites for hydroxylation is 1. The molecule has 1 amide bonds. The summed E-state index contributed by atoms with van der Waals surface area (Å²) >= 11 is 0. The molecule has 0 aliphatic carbocycles. The lowest BCUT2D eigenvalue weighted by Gasteiger charge is -2.19. The number of hydrogen-bond donors (Lipinski definition) is 2. The van der Waals surface area contributed by atoms with E-state index in [0.717, 1.165) is 16.9 Å². The van der Waals surface area contributed by atoms with Gasteiger partial charge >= 0.3 is 0 Å². The van der Waals surface area contributed by atoms with Crippen LogP contribution in [0.15, 0.2) is 77.7 Å². The first-order chi connectivity index (χ1) is 14.8. The highest BCUT2D eigenvalue weighted by Gasteiger charge is 2.18. The Morgan fingerprint density at radius 1 is 1.00 bits per heavy atom. The Balaban J connectivity index is 1.80. The number of amides is 1. The molecule has 3 aromatic carbocycles. The maximum Gasteiger partial charge on any atom is 0.261 e. The van der Waals surface area contributed by atoms with Gasteiger partial charge in [-0.25, -0.2) is 8.42 Å². The van der Waals surface area contributed by atoms with E-state index in [1.165, 1.54) is 12.1 Å². The molecule has 0 radical (unpaired) electrons. The number of ether oxygens (including phenoxy) is 1. The molecule has 1 atom stereocenters. The van der Waals surface area contributed by atoms with Crippen LogP contribution >= 0.6 is 0 Å². The van der Waals surface area contributed by atoms with Gasteiger partial charge in [-0.3, -0.25) is 9.52 Å². The van der Waals surface area contributed by atoms with Crippen LogP contribution in [0.5, 0.6) is 5.75 Å². The molecule has 3 rings (SSSR count). The topological polar surface area (TPSA) is 84.5 Å². The minimum absolute atomic E-state index is 0.162. The SMILES string of the molecule is CCC(NC(=O)c1ccc(C)c(NS(=O)(=O)c2ccccc2)c1)c1ccc(OC)cc1. The number of methoxy groups -OCH3 is 1. The van der Waals surface area contributed by atoms with E-state index in [-0.39, 0.29) is 16.8 Å². The minimum Gasteiger partial charge on any atom is -0.497 e. The van der Waals surface area contributed by atoms with E-state index in [4.69, 9.17) is 4.74 Å². The Hall–Kier alpha value is -3.32. The lowest BCUT2D eigenvalue weighted by molar-refractivity contribution is 0.0935. The second-order valence-corrected chi connectivity index (χ2v) is 8.84. The number of anilines is 1. The van der Waals surface area contributed by atoms with Gasteiger partial charge in [0.05, 0.1) is 23.7 Å². The predicted octanol–water partition coefficient (Wildman–Crippen LogP) is 4.69. The molecule has 0 aliphatic rings. The van der Waals surface area contributed by atoms with Crippen molar-refractivity contribution in [1.29, 1.82) is 0 Å². The summed E-state index contributed by atoms with van der Waals surface area (Å²) in [5, 5.41) is 3.02. The summed E-state index contributed by atoms with van der Waals surface area (Å²) < 4.78 is 33.1. The Labute approximate surface area is 183 Å². The minimum atomic E-state index is -3.75. The molecular formula is C24H26N2O4S. The van der Waals surface area contributed by atoms with Crippen molar-refractivity contribution in [1.82, 2.24) is 5.32 Å². The van der Waals surface area contributed by atoms with E-state index >= 15 is 0 Å². The maximum atomic E-state index is 12.9. The summed E-state index contributed by atoms with van der Waals surface area (Å²) in [5.41, 5.74) is 2.43. The second-order valence-electron chi connectivity index (χ2n) is 7.16. The van der Waals surface area contributed by atoms with Gasteiger partial charge in [-0.05, 0) is 60.9 Å². The molecule has 6 nitrogen and oxygen atoms in total. The van der Waals surface area contributed by atoms with E-state index in [2.05, 4.69) is 10.0 Å². The van der Waals surface area contributed by atoms with Gasteiger partial charge in [-0.1, -0.05) is 43.3 Å². The normalized spacial score (nSPS) is 12.1. The molecule has 0 bridgehead atoms. The molecule has 162 valence electrons. The Morgan fingerprint density at radius 2 is 1.68 bits per heavy atom. The number of carbonyl (C=O) groups is 1. The zero-order valence-corrected chi connectivity index (χ0v) is 18.6. The number of hydrogen-bond acceptors (Lipinski definition) is 4. The molecular weight excluding hydrogens is 412 g/mol. The molecule has 0 heterocycles. The quantitative estimate of drug-likeness (QED) is 0.535. The largest absolute Gasteiger partial charge is 0.497 e. The number of sulfonamides is 1. The highest BCUT2D eigenvalue weighted by atomic mass is 32.2. The number of rotatable bonds is 8. The van der Waals surface area contributed by atoms with Crippen molar-refractivity contribution in [3.63, 3.8) is 0 Å². The number of benzene rings is 3. The van der Waals surface area contributed by atoms with Crippen molar-refractivity contribution in [3.8, 4) is 5.75 Å². The van der Waals surface area contributed by atoms with Crippen molar-refractivity contribution < 1.29 is 17.9 Å². The molecule has 7 heteroatoms. The third kappa shape index (κ3) is 5.44. The van der Waals surface area contributed by atoms with Crippen LogP contribution in [-0.2, 0) is 10.0 Å². The van der Waals surface area contributed by atoms with E-state index in [9.17, 15) is 13.2 Å². The summed E-state index contributed by atoms with van der Waals surface area (Å²) in [6.07, 6.45) is 0.706. The summed E-state index contributed by atoms with van der Waals surface area (Å²) in [6.45, 7) is 3.78. The fourth-order valence-corrected chi connectivity index (χ4v) is 4.32. The van der Waals surface area contributed by atoms with Gasteiger partial charge in [0.1, 0.15) is 5.75 Å². The second kappa shape index (κ2) is 9.66. The standard InChI is InChI=1S/C24H26N2O4S/c1-4-22(18-12-14-20(30-3)15-13-18)25-24(27)19-11-10-17(2)23(16-19)26-31(28,29)21-8-6-5-7-9-21/h5-16,22,26H,4H2,1-3H3,(H,25,27). The van der Waals surface area contributed by atoms with Gasteiger partial charge in [0.15, 0.2) is 0 Å². The first-order valence-electron chi connectivity index (χ1n) is 9.97. The number of nitrogens with one attached hydrogen (secondary N) is 2. The highest BCUT2D eigenvalue weighted by Crippen LogP contribution is 2.23. The Bertz CT molecular complexity index is 1140. The van der Waals surface area contributed by atoms with Crippen LogP contribution in [0.2, 0.25) is 0 Å². The van der Waals surface area contributed by atoms with Gasteiger partial charge in [-0.15, -0.1) is 0 Å². The third-order valence-electron chi connectivity index (χ3n) is 5.03. The molecule has 0 fully saturated rings. The maximum absolute atomic E-state index is 12.9. The monoisotopic (exact) mass is 438 g/mol. The van der Waals surface area contributed by atoms with Gasteiger partial charge < -0.3 is 10.1 Å². The van der Waals surface area contributed by atoms with Crippen LogP contribution in [0.3, 0.4) is 0 Å². The number of carbonyl (C=O) groups excluding carboxylic acids is 1. The lowest BCUT2D eigenvalue weighted by atomic mass is 10.0. The summed E-state index contributed by atoms with van der Waals surface area (Å²) in [4.78, 5) is 13.1. The zero-order chi connectivity index (χ0) is 22.4. The van der Waals surface area contributed by atoms with Gasteiger partial charge in [0.2, 0.25) is 0 Å². The van der Waals surface area contributed by atoms with Crippen molar-refractivity contribution in [2.24, 2.45) is 0 Å². The molecule has 31 heavy (non-hydrogen) atoms. The Morgan fingerprint density at radius 3 is 2.29 bits per heavy atom. The molecule has 3 aromatic rings. The summed E-state index contributed by atoms with van der Waals surface area (Å²) in [5.74, 6) is 0.474. The van der Waals surface area contributed by atoms with Crippen LogP contribution < -0.4 is 14.8 Å². The first kappa shape index (κ1) is 22.4. The van der Waals surface area contributed by atoms with Crippen molar-refractivity contribution in [2.75, 3.05) is 11.8 Å². The third-order valence-corrected chi connectivity index (χ3v) is 6.41. The van der Waals surface area contributed by atoms with E-state index in [1.54, 1.807) is 50.4 Å². The van der Waals surface area contributed by atoms with Crippen LogP contribution in [0.25, 0.3) is 0 Å². The molecule has 0 saturated carbocycles. The summed E-state index contributed by atoms with van der Waals surface area (Å²) in [6, 6.07) is 20.5. The molecule has 2 N–H and O–H groups in total. The first-order valence-corrected chi connectivity index (χ1v) is 11.5. The molecule has 0 aliphatic heterocycles. The van der Waals surface area contributed by atoms with Crippen LogP contribution in [0.4, 0.5) is 5.69 Å². The summed E-state index contributed by atoms with van der Waals surface area (Å²) in [7, 11) is -2.14. The van der Waals surface area contributed by atoms with Gasteiger partial charge in [-0.2, -0.15) is 0 Å². The highest BCUT2D eigenvalue weighted by molar-refractivity contribution is 7.92. The Kier molecular flexibility index (Phi) is 6.97. The smallest absolute Gasteiger partial charge is 0.261 e.